The number of thiophene rings is 1. The van der Waals surface area contributed by atoms with Gasteiger partial charge in [0.25, 0.3) is 0 Å². The molecule has 3 rings (SSSR count). The molecule has 0 aromatic carbocycles. The van der Waals surface area contributed by atoms with Crippen molar-refractivity contribution in [3.8, 4) is 11.5 Å². The summed E-state index contributed by atoms with van der Waals surface area (Å²) in [5, 5.41) is 7.14. The van der Waals surface area contributed by atoms with E-state index in [0.717, 1.165) is 49.4 Å². The molecule has 0 spiro atoms. The van der Waals surface area contributed by atoms with Gasteiger partial charge in [-0.05, 0) is 57.8 Å². The Kier molecular flexibility index (Phi) is 5.13. The zero-order chi connectivity index (χ0) is 16.2. The van der Waals surface area contributed by atoms with E-state index in [1.165, 1.54) is 0 Å². The van der Waals surface area contributed by atoms with E-state index < -0.39 is 0 Å². The second-order valence-corrected chi connectivity index (χ2v) is 6.99. The van der Waals surface area contributed by atoms with Crippen molar-refractivity contribution in [1.82, 2.24) is 15.2 Å². The summed E-state index contributed by atoms with van der Waals surface area (Å²) < 4.78 is 5.69. The van der Waals surface area contributed by atoms with Crippen LogP contribution in [0.3, 0.4) is 0 Å². The number of aryl methyl sites for hydroxylation is 1. The molecule has 1 amide bonds. The number of amides is 1. The van der Waals surface area contributed by atoms with Gasteiger partial charge in [0.05, 0.1) is 12.1 Å². The highest BCUT2D eigenvalue weighted by molar-refractivity contribution is 7.08. The Bertz CT molecular complexity index is 651. The molecule has 1 atom stereocenters. The molecule has 0 bridgehead atoms. The summed E-state index contributed by atoms with van der Waals surface area (Å²) in [6.45, 7) is 4.01. The fourth-order valence-corrected chi connectivity index (χ4v) is 3.55. The summed E-state index contributed by atoms with van der Waals surface area (Å²) in [5.74, 6) is 1.36. The van der Waals surface area contributed by atoms with Crippen LogP contribution in [0.4, 0.5) is 0 Å². The van der Waals surface area contributed by atoms with Crippen LogP contribution in [-0.4, -0.2) is 42.0 Å². The third kappa shape index (κ3) is 4.20. The number of aromatic nitrogens is 1. The number of hydrogen-bond acceptors (Lipinski definition) is 5. The van der Waals surface area contributed by atoms with Crippen molar-refractivity contribution < 1.29 is 9.21 Å². The number of carbonyl (C=O) groups excluding carboxylic acids is 1. The minimum absolute atomic E-state index is 0.0350. The lowest BCUT2D eigenvalue weighted by molar-refractivity contribution is -0.121. The van der Waals surface area contributed by atoms with E-state index >= 15 is 0 Å². The largest absolute Gasteiger partial charge is 0.441 e. The average Bonchev–Trinajstić information content (AvgIpc) is 3.10. The molecule has 1 aliphatic rings. The predicted octanol–water partition coefficient (Wildman–Crippen LogP) is 2.85. The van der Waals surface area contributed by atoms with Gasteiger partial charge in [0.2, 0.25) is 11.8 Å². The Hall–Kier alpha value is -1.66. The summed E-state index contributed by atoms with van der Waals surface area (Å²) in [7, 11) is 2.13. The van der Waals surface area contributed by atoms with Crippen molar-refractivity contribution in [2.75, 3.05) is 20.1 Å². The number of rotatable bonds is 4. The van der Waals surface area contributed by atoms with Crippen molar-refractivity contribution in [3.63, 3.8) is 0 Å². The molecule has 1 fully saturated rings. The molecule has 1 aliphatic heterocycles. The van der Waals surface area contributed by atoms with Gasteiger partial charge in [-0.2, -0.15) is 11.3 Å². The second-order valence-electron chi connectivity index (χ2n) is 6.21. The van der Waals surface area contributed by atoms with Gasteiger partial charge in [0, 0.05) is 17.0 Å². The standard InChI is InChI=1S/C17H23N3O2S/c1-12-15(19-17(22-12)13-6-9-23-11-13)10-16(21)18-14-4-3-7-20(2)8-5-14/h6,9,11,14H,3-5,7-8,10H2,1-2H3,(H,18,21). The van der Waals surface area contributed by atoms with E-state index in [9.17, 15) is 4.79 Å². The molecular weight excluding hydrogens is 310 g/mol. The maximum atomic E-state index is 12.3. The van der Waals surface area contributed by atoms with Crippen molar-refractivity contribution >= 4 is 17.2 Å². The highest BCUT2D eigenvalue weighted by atomic mass is 32.1. The van der Waals surface area contributed by atoms with E-state index in [1.54, 1.807) is 11.3 Å². The van der Waals surface area contributed by atoms with Crippen LogP contribution in [0.2, 0.25) is 0 Å². The first kappa shape index (κ1) is 16.2. The van der Waals surface area contributed by atoms with E-state index in [-0.39, 0.29) is 18.4 Å². The molecule has 2 aromatic heterocycles. The average molecular weight is 333 g/mol. The van der Waals surface area contributed by atoms with E-state index in [2.05, 4.69) is 22.2 Å². The molecule has 0 aliphatic carbocycles. The summed E-state index contributed by atoms with van der Waals surface area (Å²) >= 11 is 1.61. The lowest BCUT2D eigenvalue weighted by Crippen LogP contribution is -2.36. The lowest BCUT2D eigenvalue weighted by atomic mass is 10.1. The van der Waals surface area contributed by atoms with Gasteiger partial charge in [-0.3, -0.25) is 4.79 Å². The minimum atomic E-state index is 0.0350. The maximum Gasteiger partial charge on any atom is 0.227 e. The number of nitrogens with one attached hydrogen (secondary N) is 1. The summed E-state index contributed by atoms with van der Waals surface area (Å²) in [4.78, 5) is 19.1. The van der Waals surface area contributed by atoms with Crippen molar-refractivity contribution in [2.45, 2.75) is 38.6 Å². The molecule has 1 N–H and O–H groups in total. The smallest absolute Gasteiger partial charge is 0.227 e. The van der Waals surface area contributed by atoms with Gasteiger partial charge in [0.15, 0.2) is 0 Å². The van der Waals surface area contributed by atoms with Crippen LogP contribution in [0.25, 0.3) is 11.5 Å². The SMILES string of the molecule is Cc1oc(-c2ccsc2)nc1CC(=O)NC1CCCN(C)CC1. The van der Waals surface area contributed by atoms with Crippen LogP contribution in [-0.2, 0) is 11.2 Å². The van der Waals surface area contributed by atoms with Crippen LogP contribution < -0.4 is 5.32 Å². The van der Waals surface area contributed by atoms with Gasteiger partial charge in [-0.25, -0.2) is 4.98 Å². The van der Waals surface area contributed by atoms with Gasteiger partial charge in [-0.15, -0.1) is 0 Å². The van der Waals surface area contributed by atoms with Crippen LogP contribution >= 0.6 is 11.3 Å². The topological polar surface area (TPSA) is 58.4 Å². The third-order valence-electron chi connectivity index (χ3n) is 4.31. The highest BCUT2D eigenvalue weighted by Crippen LogP contribution is 2.24. The molecule has 1 unspecified atom stereocenters. The summed E-state index contributed by atoms with van der Waals surface area (Å²) in [6, 6.07) is 2.25. The van der Waals surface area contributed by atoms with Gasteiger partial charge < -0.3 is 14.6 Å². The van der Waals surface area contributed by atoms with Crippen LogP contribution in [0.1, 0.15) is 30.7 Å². The molecular formula is C17H23N3O2S. The fourth-order valence-electron chi connectivity index (χ4n) is 2.92. The first-order valence-corrected chi connectivity index (χ1v) is 9.03. The Morgan fingerprint density at radius 1 is 1.48 bits per heavy atom. The number of hydrogen-bond donors (Lipinski definition) is 1. The number of oxazole rings is 1. The van der Waals surface area contributed by atoms with E-state index in [0.29, 0.717) is 5.89 Å². The molecule has 0 saturated carbocycles. The molecule has 5 nitrogen and oxygen atoms in total. The highest BCUT2D eigenvalue weighted by Gasteiger charge is 2.19. The Labute approximate surface area is 140 Å². The molecule has 2 aromatic rings. The maximum absolute atomic E-state index is 12.3. The van der Waals surface area contributed by atoms with Crippen molar-refractivity contribution in [2.24, 2.45) is 0 Å². The molecule has 3 heterocycles. The zero-order valence-corrected chi connectivity index (χ0v) is 14.5. The Morgan fingerprint density at radius 2 is 2.35 bits per heavy atom. The monoisotopic (exact) mass is 333 g/mol. The zero-order valence-electron chi connectivity index (χ0n) is 13.7. The van der Waals surface area contributed by atoms with Crippen LogP contribution in [0, 0.1) is 6.92 Å². The molecule has 0 radical (unpaired) electrons. The van der Waals surface area contributed by atoms with Crippen LogP contribution in [0.15, 0.2) is 21.2 Å². The van der Waals surface area contributed by atoms with Crippen molar-refractivity contribution in [1.29, 1.82) is 0 Å². The molecule has 1 saturated heterocycles. The second kappa shape index (κ2) is 7.27. The summed E-state index contributed by atoms with van der Waals surface area (Å²) in [6.07, 6.45) is 3.48. The number of nitrogens with zero attached hydrogens (tertiary/aromatic N) is 2. The Morgan fingerprint density at radius 3 is 3.13 bits per heavy atom. The molecule has 23 heavy (non-hydrogen) atoms. The quantitative estimate of drug-likeness (QED) is 0.935. The van der Waals surface area contributed by atoms with E-state index in [1.807, 2.05) is 23.8 Å². The normalized spacial score (nSPS) is 19.5. The first-order valence-electron chi connectivity index (χ1n) is 8.08. The minimum Gasteiger partial charge on any atom is -0.441 e. The predicted molar refractivity (Wildman–Crippen MR) is 91.5 cm³/mol. The summed E-state index contributed by atoms with van der Waals surface area (Å²) in [5.41, 5.74) is 1.70. The van der Waals surface area contributed by atoms with Gasteiger partial charge in [-0.1, -0.05) is 0 Å². The Balaban J connectivity index is 1.59. The van der Waals surface area contributed by atoms with Crippen LogP contribution in [0.5, 0.6) is 0 Å². The van der Waals surface area contributed by atoms with Gasteiger partial charge >= 0.3 is 0 Å². The van der Waals surface area contributed by atoms with E-state index in [4.69, 9.17) is 4.42 Å². The first-order chi connectivity index (χ1) is 11.1. The fraction of sp³-hybridized carbons (Fsp3) is 0.529. The number of carbonyl (C=O) groups is 1. The number of likely N-dealkylation sites (tertiary alicyclic amines) is 1. The third-order valence-corrected chi connectivity index (χ3v) is 4.99. The van der Waals surface area contributed by atoms with Crippen molar-refractivity contribution in [3.05, 3.63) is 28.3 Å². The lowest BCUT2D eigenvalue weighted by Gasteiger charge is -2.16. The molecule has 124 valence electrons. The van der Waals surface area contributed by atoms with Gasteiger partial charge in [0.1, 0.15) is 5.76 Å². The molecule has 6 heteroatoms.